The molecule has 0 unspecified atom stereocenters. The normalized spacial score (nSPS) is 11.1. The Balaban J connectivity index is 2.27. The molecule has 2 rings (SSSR count). The van der Waals surface area contributed by atoms with Crippen molar-refractivity contribution in [2.24, 2.45) is 10.2 Å². The number of nitrogens with zero attached hydrogens (tertiary/aromatic N) is 2. The fourth-order valence-electron chi connectivity index (χ4n) is 1.60. The number of aryl methyl sites for hydroxylation is 1. The molecule has 0 aromatic heterocycles. The second-order valence-corrected chi connectivity index (χ2v) is 4.54. The molecule has 0 bridgehead atoms. The SMILES string of the molecule is Cc1cc(Cl)ccc1N=Nc1ccc(O)c(CO)c1. The highest BCUT2D eigenvalue weighted by Gasteiger charge is 2.01. The first-order valence-electron chi connectivity index (χ1n) is 5.71. The minimum absolute atomic E-state index is 0.0455. The van der Waals surface area contributed by atoms with Gasteiger partial charge in [0.25, 0.3) is 0 Å². The van der Waals surface area contributed by atoms with Crippen LogP contribution in [0.5, 0.6) is 5.75 Å². The second-order valence-electron chi connectivity index (χ2n) is 4.10. The van der Waals surface area contributed by atoms with E-state index in [2.05, 4.69) is 10.2 Å². The van der Waals surface area contributed by atoms with Gasteiger partial charge in [0.1, 0.15) is 5.75 Å². The lowest BCUT2D eigenvalue weighted by molar-refractivity contribution is 0.275. The summed E-state index contributed by atoms with van der Waals surface area (Å²) in [5, 5.41) is 27.4. The third-order valence-electron chi connectivity index (χ3n) is 2.67. The van der Waals surface area contributed by atoms with Crippen LogP contribution in [0.25, 0.3) is 0 Å². The number of hydrogen-bond acceptors (Lipinski definition) is 4. The molecule has 0 aliphatic heterocycles. The average molecular weight is 277 g/mol. The van der Waals surface area contributed by atoms with E-state index in [4.69, 9.17) is 16.7 Å². The molecule has 2 aromatic rings. The van der Waals surface area contributed by atoms with Gasteiger partial charge in [-0.25, -0.2) is 0 Å². The lowest BCUT2D eigenvalue weighted by atomic mass is 10.2. The molecule has 0 aliphatic rings. The van der Waals surface area contributed by atoms with Crippen molar-refractivity contribution in [3.8, 4) is 5.75 Å². The third kappa shape index (κ3) is 3.30. The maximum atomic E-state index is 9.45. The van der Waals surface area contributed by atoms with Gasteiger partial charge >= 0.3 is 0 Å². The topological polar surface area (TPSA) is 65.2 Å². The number of phenols is 1. The van der Waals surface area contributed by atoms with Crippen LogP contribution in [0.1, 0.15) is 11.1 Å². The summed E-state index contributed by atoms with van der Waals surface area (Å²) in [4.78, 5) is 0. The minimum atomic E-state index is -0.241. The zero-order chi connectivity index (χ0) is 13.8. The van der Waals surface area contributed by atoms with Crippen molar-refractivity contribution in [1.29, 1.82) is 0 Å². The molecule has 0 aliphatic carbocycles. The fourth-order valence-corrected chi connectivity index (χ4v) is 1.83. The minimum Gasteiger partial charge on any atom is -0.508 e. The number of benzene rings is 2. The quantitative estimate of drug-likeness (QED) is 0.823. The highest BCUT2D eigenvalue weighted by Crippen LogP contribution is 2.27. The zero-order valence-corrected chi connectivity index (χ0v) is 11.1. The van der Waals surface area contributed by atoms with Crippen molar-refractivity contribution < 1.29 is 10.2 Å². The molecule has 4 nitrogen and oxygen atoms in total. The summed E-state index contributed by atoms with van der Waals surface area (Å²) in [5.74, 6) is 0.0455. The van der Waals surface area contributed by atoms with Gasteiger partial charge in [0, 0.05) is 10.6 Å². The van der Waals surface area contributed by atoms with Crippen LogP contribution in [0.4, 0.5) is 11.4 Å². The average Bonchev–Trinajstić information content (AvgIpc) is 2.39. The van der Waals surface area contributed by atoms with Gasteiger partial charge in [0.2, 0.25) is 0 Å². The molecular weight excluding hydrogens is 264 g/mol. The van der Waals surface area contributed by atoms with Gasteiger partial charge < -0.3 is 10.2 Å². The Hall–Kier alpha value is -1.91. The Morgan fingerprint density at radius 2 is 1.89 bits per heavy atom. The molecule has 19 heavy (non-hydrogen) atoms. The first-order valence-corrected chi connectivity index (χ1v) is 6.08. The molecule has 0 saturated heterocycles. The summed E-state index contributed by atoms with van der Waals surface area (Å²) >= 11 is 5.86. The summed E-state index contributed by atoms with van der Waals surface area (Å²) in [7, 11) is 0. The number of hydrogen-bond donors (Lipinski definition) is 2. The number of aliphatic hydroxyl groups is 1. The van der Waals surface area contributed by atoms with Crippen molar-refractivity contribution >= 4 is 23.0 Å². The van der Waals surface area contributed by atoms with E-state index in [0.29, 0.717) is 16.3 Å². The number of aliphatic hydroxyl groups excluding tert-OH is 1. The van der Waals surface area contributed by atoms with E-state index in [1.165, 1.54) is 6.07 Å². The lowest BCUT2D eigenvalue weighted by Gasteiger charge is -2.02. The molecule has 0 amide bonds. The fraction of sp³-hybridized carbons (Fsp3) is 0.143. The highest BCUT2D eigenvalue weighted by atomic mass is 35.5. The number of azo groups is 1. The number of halogens is 1. The van der Waals surface area contributed by atoms with E-state index in [1.54, 1.807) is 24.3 Å². The molecule has 0 spiro atoms. The van der Waals surface area contributed by atoms with E-state index in [-0.39, 0.29) is 12.4 Å². The van der Waals surface area contributed by atoms with Crippen LogP contribution < -0.4 is 0 Å². The molecule has 0 heterocycles. The molecule has 0 radical (unpaired) electrons. The molecule has 2 N–H and O–H groups in total. The molecule has 5 heteroatoms. The van der Waals surface area contributed by atoms with Gasteiger partial charge in [-0.3, -0.25) is 0 Å². The van der Waals surface area contributed by atoms with Crippen molar-refractivity contribution in [3.63, 3.8) is 0 Å². The van der Waals surface area contributed by atoms with Gasteiger partial charge in [0.05, 0.1) is 18.0 Å². The van der Waals surface area contributed by atoms with Crippen LogP contribution in [-0.4, -0.2) is 10.2 Å². The third-order valence-corrected chi connectivity index (χ3v) is 2.90. The van der Waals surface area contributed by atoms with Crippen LogP contribution in [0, 0.1) is 6.92 Å². The van der Waals surface area contributed by atoms with Crippen LogP contribution in [0.3, 0.4) is 0 Å². The predicted molar refractivity (Wildman–Crippen MR) is 74.4 cm³/mol. The van der Waals surface area contributed by atoms with Crippen molar-refractivity contribution in [1.82, 2.24) is 0 Å². The first-order chi connectivity index (χ1) is 9.10. The van der Waals surface area contributed by atoms with Crippen LogP contribution in [0.15, 0.2) is 46.6 Å². The molecular formula is C14H13ClN2O2. The molecule has 0 saturated carbocycles. The van der Waals surface area contributed by atoms with Crippen LogP contribution in [0.2, 0.25) is 5.02 Å². The summed E-state index contributed by atoms with van der Waals surface area (Å²) in [6.07, 6.45) is 0. The van der Waals surface area contributed by atoms with Gasteiger partial charge in [-0.1, -0.05) is 11.6 Å². The van der Waals surface area contributed by atoms with Gasteiger partial charge in [-0.05, 0) is 48.9 Å². The Kier molecular flexibility index (Phi) is 4.14. The van der Waals surface area contributed by atoms with E-state index >= 15 is 0 Å². The Morgan fingerprint density at radius 3 is 2.58 bits per heavy atom. The Morgan fingerprint density at radius 1 is 1.11 bits per heavy atom. The highest BCUT2D eigenvalue weighted by molar-refractivity contribution is 6.30. The van der Waals surface area contributed by atoms with E-state index in [1.807, 2.05) is 13.0 Å². The summed E-state index contributed by atoms with van der Waals surface area (Å²) in [5.41, 5.74) is 2.64. The number of aromatic hydroxyl groups is 1. The van der Waals surface area contributed by atoms with E-state index in [0.717, 1.165) is 11.3 Å². The summed E-state index contributed by atoms with van der Waals surface area (Å²) in [6, 6.07) is 10.0. The van der Waals surface area contributed by atoms with Crippen molar-refractivity contribution in [2.45, 2.75) is 13.5 Å². The second kappa shape index (κ2) is 5.82. The standard InChI is InChI=1S/C14H13ClN2O2/c1-9-6-11(15)2-4-13(9)17-16-12-3-5-14(19)10(7-12)8-18/h2-7,18-19H,8H2,1H3. The van der Waals surface area contributed by atoms with Gasteiger partial charge in [-0.2, -0.15) is 10.2 Å². The zero-order valence-electron chi connectivity index (χ0n) is 10.3. The maximum Gasteiger partial charge on any atom is 0.121 e. The molecule has 2 aromatic carbocycles. The monoisotopic (exact) mass is 276 g/mol. The van der Waals surface area contributed by atoms with Crippen LogP contribution >= 0.6 is 11.6 Å². The molecule has 98 valence electrons. The summed E-state index contributed by atoms with van der Waals surface area (Å²) in [6.45, 7) is 1.66. The first kappa shape index (κ1) is 13.5. The number of rotatable bonds is 3. The van der Waals surface area contributed by atoms with Crippen molar-refractivity contribution in [3.05, 3.63) is 52.5 Å². The lowest BCUT2D eigenvalue weighted by Crippen LogP contribution is -1.82. The van der Waals surface area contributed by atoms with E-state index in [9.17, 15) is 5.11 Å². The Bertz CT molecular complexity index is 627. The van der Waals surface area contributed by atoms with E-state index < -0.39 is 0 Å². The smallest absolute Gasteiger partial charge is 0.121 e. The van der Waals surface area contributed by atoms with Crippen LogP contribution in [-0.2, 0) is 6.61 Å². The Labute approximate surface area is 116 Å². The van der Waals surface area contributed by atoms with Gasteiger partial charge in [0.15, 0.2) is 0 Å². The van der Waals surface area contributed by atoms with Crippen molar-refractivity contribution in [2.75, 3.05) is 0 Å². The largest absolute Gasteiger partial charge is 0.508 e. The van der Waals surface area contributed by atoms with Gasteiger partial charge in [-0.15, -0.1) is 0 Å². The maximum absolute atomic E-state index is 9.45. The molecule has 0 atom stereocenters. The predicted octanol–water partition coefficient (Wildman–Crippen LogP) is 4.26. The summed E-state index contributed by atoms with van der Waals surface area (Å²) < 4.78 is 0. The molecule has 0 fully saturated rings.